The Bertz CT molecular complexity index is 280. The Morgan fingerprint density at radius 1 is 1.42 bits per heavy atom. The standard InChI is InChI=1S/C10H14OTe/c1-9(2)6-4-5-10(9,3)8(11)7(6)12/h6H,4-5H2,1-3H3/t6-,10+/m1/s1. The molecule has 2 atom stereocenters. The third-order valence-electron chi connectivity index (χ3n) is 4.27. The van der Waals surface area contributed by atoms with Gasteiger partial charge in [0.1, 0.15) is 0 Å². The van der Waals surface area contributed by atoms with Crippen molar-refractivity contribution in [1.29, 1.82) is 0 Å². The van der Waals surface area contributed by atoms with Crippen LogP contribution in [-0.2, 0) is 4.79 Å². The van der Waals surface area contributed by atoms with Gasteiger partial charge in [0.05, 0.1) is 0 Å². The van der Waals surface area contributed by atoms with E-state index in [-0.39, 0.29) is 10.8 Å². The zero-order valence-electron chi connectivity index (χ0n) is 7.81. The summed E-state index contributed by atoms with van der Waals surface area (Å²) in [6.45, 7) is 6.65. The summed E-state index contributed by atoms with van der Waals surface area (Å²) in [5, 5.41) is 0. The van der Waals surface area contributed by atoms with Gasteiger partial charge in [-0.25, -0.2) is 0 Å². The summed E-state index contributed by atoms with van der Waals surface area (Å²) < 4.78 is 1.14. The summed E-state index contributed by atoms with van der Waals surface area (Å²) in [6, 6.07) is 0. The van der Waals surface area contributed by atoms with Gasteiger partial charge in [-0.05, 0) is 0 Å². The van der Waals surface area contributed by atoms with Crippen molar-refractivity contribution >= 4 is 31.2 Å². The molecule has 0 unspecified atom stereocenters. The molecule has 0 aromatic carbocycles. The van der Waals surface area contributed by atoms with E-state index in [2.05, 4.69) is 20.8 Å². The van der Waals surface area contributed by atoms with Gasteiger partial charge in [0.15, 0.2) is 0 Å². The molecule has 2 bridgehead atoms. The molecule has 2 aliphatic carbocycles. The Balaban J connectivity index is 2.58. The molecule has 2 fully saturated rings. The molecule has 1 nitrogen and oxygen atoms in total. The second kappa shape index (κ2) is 2.22. The molecule has 66 valence electrons. The van der Waals surface area contributed by atoms with Crippen LogP contribution in [-0.4, -0.2) is 31.2 Å². The summed E-state index contributed by atoms with van der Waals surface area (Å²) in [6.07, 6.45) is 2.33. The van der Waals surface area contributed by atoms with E-state index in [4.69, 9.17) is 0 Å². The van der Waals surface area contributed by atoms with Gasteiger partial charge in [0.2, 0.25) is 0 Å². The minimum atomic E-state index is -0.0374. The van der Waals surface area contributed by atoms with Gasteiger partial charge in [0.25, 0.3) is 0 Å². The van der Waals surface area contributed by atoms with Crippen molar-refractivity contribution in [2.45, 2.75) is 33.6 Å². The fraction of sp³-hybridized carbons (Fsp3) is 0.800. The predicted molar refractivity (Wildman–Crippen MR) is 50.4 cm³/mol. The SMILES string of the molecule is CC1(C)[C@@H]2CC[C@@]1(C)C(=O)C2=[Te]. The molecule has 2 heteroatoms. The topological polar surface area (TPSA) is 17.1 Å². The molecule has 0 spiro atoms. The zero-order valence-corrected chi connectivity index (χ0v) is 10.1. The maximum absolute atomic E-state index is 11.9. The molecule has 12 heavy (non-hydrogen) atoms. The molecule has 0 aromatic rings. The third-order valence-corrected chi connectivity index (χ3v) is 5.61. The first-order valence-electron chi connectivity index (χ1n) is 4.50. The number of carbonyl (C=O) groups excluding carboxylic acids is 1. The molecule has 0 saturated heterocycles. The zero-order chi connectivity index (χ0) is 9.15. The number of Topliss-reactive ketones (excluding diaryl/α,β-unsaturated/α-hetero) is 1. The fourth-order valence-electron chi connectivity index (χ4n) is 2.80. The van der Waals surface area contributed by atoms with E-state index in [0.717, 1.165) is 9.97 Å². The van der Waals surface area contributed by atoms with Crippen LogP contribution in [0.25, 0.3) is 0 Å². The second-order valence-corrected chi connectivity index (χ2v) is 6.09. The van der Waals surface area contributed by atoms with Crippen LogP contribution in [0.15, 0.2) is 0 Å². The van der Waals surface area contributed by atoms with Crippen LogP contribution in [0.4, 0.5) is 0 Å². The average molecular weight is 278 g/mol. The molecule has 2 saturated carbocycles. The van der Waals surface area contributed by atoms with Crippen molar-refractivity contribution < 1.29 is 4.79 Å². The van der Waals surface area contributed by atoms with E-state index in [9.17, 15) is 4.79 Å². The van der Waals surface area contributed by atoms with E-state index in [1.165, 1.54) is 6.42 Å². The van der Waals surface area contributed by atoms with E-state index < -0.39 is 0 Å². The average Bonchev–Trinajstić information content (AvgIpc) is 2.26. The summed E-state index contributed by atoms with van der Waals surface area (Å²) >= 11 is 1.95. The third kappa shape index (κ3) is 0.720. The van der Waals surface area contributed by atoms with Gasteiger partial charge in [-0.15, -0.1) is 0 Å². The summed E-state index contributed by atoms with van der Waals surface area (Å²) in [5.74, 6) is 1.01. The van der Waals surface area contributed by atoms with E-state index in [1.54, 1.807) is 0 Å². The number of rotatable bonds is 0. The molecule has 0 aliphatic heterocycles. The second-order valence-electron chi connectivity index (χ2n) is 4.84. The molecule has 0 heterocycles. The first kappa shape index (κ1) is 8.91. The molecule has 2 rings (SSSR count). The van der Waals surface area contributed by atoms with Crippen molar-refractivity contribution in [3.63, 3.8) is 0 Å². The first-order valence-corrected chi connectivity index (χ1v) is 5.66. The van der Waals surface area contributed by atoms with Crippen LogP contribution >= 0.6 is 0 Å². The molecule has 0 aromatic heterocycles. The van der Waals surface area contributed by atoms with Crippen molar-refractivity contribution in [2.75, 3.05) is 0 Å². The van der Waals surface area contributed by atoms with E-state index >= 15 is 0 Å². The number of hydrogen-bond acceptors (Lipinski definition) is 1. The van der Waals surface area contributed by atoms with Gasteiger partial charge in [-0.3, -0.25) is 0 Å². The predicted octanol–water partition coefficient (Wildman–Crippen LogP) is 1.35. The number of fused-ring (bicyclic) bond motifs is 2. The Hall–Kier alpha value is 0.330. The van der Waals surface area contributed by atoms with E-state index in [0.29, 0.717) is 11.7 Å². The van der Waals surface area contributed by atoms with Crippen LogP contribution in [0.2, 0.25) is 0 Å². The Morgan fingerprint density at radius 2 is 2.00 bits per heavy atom. The van der Waals surface area contributed by atoms with Crippen molar-refractivity contribution in [3.05, 3.63) is 0 Å². The van der Waals surface area contributed by atoms with Crippen molar-refractivity contribution in [2.24, 2.45) is 16.7 Å². The normalized spacial score (nSPS) is 44.1. The van der Waals surface area contributed by atoms with Crippen molar-refractivity contribution in [3.8, 4) is 0 Å². The molecule has 0 N–H and O–H groups in total. The van der Waals surface area contributed by atoms with Gasteiger partial charge in [-0.1, -0.05) is 0 Å². The number of carbonyl (C=O) groups is 1. The molecule has 0 radical (unpaired) electrons. The summed E-state index contributed by atoms with van der Waals surface area (Å²) in [4.78, 5) is 11.9. The Morgan fingerprint density at radius 3 is 2.25 bits per heavy atom. The van der Waals surface area contributed by atoms with Crippen LogP contribution in [0, 0.1) is 16.7 Å². The number of hydrogen-bond donors (Lipinski definition) is 0. The van der Waals surface area contributed by atoms with Gasteiger partial charge in [-0.2, -0.15) is 0 Å². The minimum absolute atomic E-state index is 0.0374. The number of ketones is 1. The van der Waals surface area contributed by atoms with Gasteiger partial charge >= 0.3 is 86.3 Å². The van der Waals surface area contributed by atoms with Crippen LogP contribution in [0.3, 0.4) is 0 Å². The quantitative estimate of drug-likeness (QED) is 0.611. The van der Waals surface area contributed by atoms with Crippen molar-refractivity contribution in [1.82, 2.24) is 0 Å². The Labute approximate surface area is 86.3 Å². The fourth-order valence-corrected chi connectivity index (χ4v) is 4.62. The molecular weight excluding hydrogens is 264 g/mol. The molecule has 0 amide bonds. The van der Waals surface area contributed by atoms with Gasteiger partial charge < -0.3 is 0 Å². The Kier molecular flexibility index (Phi) is 1.65. The molecule has 2 aliphatic rings. The van der Waals surface area contributed by atoms with Gasteiger partial charge in [0, 0.05) is 0 Å². The summed E-state index contributed by atoms with van der Waals surface area (Å²) in [7, 11) is 0. The first-order chi connectivity index (χ1) is 5.41. The van der Waals surface area contributed by atoms with Crippen LogP contribution in [0.1, 0.15) is 33.6 Å². The maximum atomic E-state index is 11.9. The van der Waals surface area contributed by atoms with Crippen LogP contribution in [0.5, 0.6) is 0 Å². The summed E-state index contributed by atoms with van der Waals surface area (Å²) in [5.41, 5.74) is 0.182. The monoisotopic (exact) mass is 280 g/mol. The van der Waals surface area contributed by atoms with E-state index in [1.807, 2.05) is 21.8 Å². The molecular formula is C10H14OTe. The van der Waals surface area contributed by atoms with Crippen LogP contribution < -0.4 is 0 Å².